The first-order valence-electron chi connectivity index (χ1n) is 6.45. The lowest BCUT2D eigenvalue weighted by atomic mass is 10.1. The molecule has 0 N–H and O–H groups in total. The van der Waals surface area contributed by atoms with Crippen molar-refractivity contribution in [3.05, 3.63) is 42.7 Å². The lowest BCUT2D eigenvalue weighted by molar-refractivity contribution is -0.0435. The van der Waals surface area contributed by atoms with Crippen LogP contribution in [0.1, 0.15) is 6.04 Å². The number of hydrogen-bond acceptors (Lipinski definition) is 4. The Labute approximate surface area is 124 Å². The van der Waals surface area contributed by atoms with Crippen LogP contribution >= 0.6 is 0 Å². The summed E-state index contributed by atoms with van der Waals surface area (Å²) in [6, 6.07) is 6.96. The van der Waals surface area contributed by atoms with E-state index in [-0.39, 0.29) is 11.7 Å². The minimum Gasteiger partial charge on any atom is -0.366 e. The molecule has 1 aliphatic rings. The number of benzene rings is 1. The number of para-hydroxylation sites is 1. The van der Waals surface area contributed by atoms with E-state index in [1.807, 2.05) is 0 Å². The monoisotopic (exact) mass is 331 g/mol. The van der Waals surface area contributed by atoms with Gasteiger partial charge in [0.1, 0.15) is 0 Å². The Morgan fingerprint density at radius 1 is 1.14 bits per heavy atom. The molecular weight excluding hydrogens is 319 g/mol. The molecule has 0 saturated carbocycles. The molecule has 2 aromatic rings. The van der Waals surface area contributed by atoms with Crippen LogP contribution in [0.25, 0.3) is 0 Å². The molecule has 1 saturated heterocycles. The van der Waals surface area contributed by atoms with Gasteiger partial charge < -0.3 is 4.90 Å². The van der Waals surface area contributed by atoms with Gasteiger partial charge in [0.25, 0.3) is 9.84 Å². The smallest absolute Gasteiger partial charge is 0.366 e. The van der Waals surface area contributed by atoms with Crippen molar-refractivity contribution in [1.29, 1.82) is 0 Å². The Morgan fingerprint density at radius 2 is 1.82 bits per heavy atom. The number of aromatic nitrogens is 2. The first-order chi connectivity index (χ1) is 10.3. The third-order valence-electron chi connectivity index (χ3n) is 3.56. The van der Waals surface area contributed by atoms with Gasteiger partial charge in [-0.15, -0.1) is 0 Å². The van der Waals surface area contributed by atoms with Crippen molar-refractivity contribution in [2.75, 3.05) is 18.0 Å². The fourth-order valence-electron chi connectivity index (χ4n) is 2.39. The minimum absolute atomic E-state index is 0.0247. The first-order valence-corrected chi connectivity index (χ1v) is 7.93. The van der Waals surface area contributed by atoms with Gasteiger partial charge in [0.05, 0.1) is 16.6 Å². The van der Waals surface area contributed by atoms with Gasteiger partial charge in [0.15, 0.2) is 0 Å². The maximum atomic E-state index is 12.8. The maximum Gasteiger partial charge on any atom is 0.501 e. The van der Waals surface area contributed by atoms with Gasteiger partial charge in [-0.2, -0.15) is 18.3 Å². The molecule has 3 rings (SSSR count). The molecular formula is C13H12F3N3O2S. The Hall–Kier alpha value is -2.03. The third kappa shape index (κ3) is 2.35. The van der Waals surface area contributed by atoms with Crippen LogP contribution < -0.4 is 4.90 Å². The van der Waals surface area contributed by atoms with Crippen molar-refractivity contribution < 1.29 is 21.6 Å². The van der Waals surface area contributed by atoms with Crippen LogP contribution in [0.2, 0.25) is 0 Å². The normalized spacial score (nSPS) is 16.6. The summed E-state index contributed by atoms with van der Waals surface area (Å²) in [7, 11) is -5.36. The van der Waals surface area contributed by atoms with E-state index >= 15 is 0 Å². The van der Waals surface area contributed by atoms with Crippen LogP contribution in [0.5, 0.6) is 0 Å². The summed E-state index contributed by atoms with van der Waals surface area (Å²) in [6.45, 7) is 0.818. The molecule has 0 spiro atoms. The summed E-state index contributed by atoms with van der Waals surface area (Å²) in [6.07, 6.45) is 3.38. The number of anilines is 1. The minimum atomic E-state index is -5.36. The van der Waals surface area contributed by atoms with Crippen LogP contribution in [0.3, 0.4) is 0 Å². The average molecular weight is 331 g/mol. The van der Waals surface area contributed by atoms with Crippen molar-refractivity contribution in [2.24, 2.45) is 0 Å². The molecule has 22 heavy (non-hydrogen) atoms. The summed E-state index contributed by atoms with van der Waals surface area (Å²) < 4.78 is 63.3. The van der Waals surface area contributed by atoms with Crippen molar-refractivity contribution in [1.82, 2.24) is 9.78 Å². The van der Waals surface area contributed by atoms with Gasteiger partial charge in [-0.1, -0.05) is 12.1 Å². The van der Waals surface area contributed by atoms with Crippen molar-refractivity contribution in [2.45, 2.75) is 16.4 Å². The molecule has 9 heteroatoms. The zero-order chi connectivity index (χ0) is 16.0. The second-order valence-electron chi connectivity index (χ2n) is 4.96. The maximum absolute atomic E-state index is 12.8. The number of rotatable bonds is 3. The fourth-order valence-corrected chi connectivity index (χ4v) is 3.37. The summed E-state index contributed by atoms with van der Waals surface area (Å²) in [4.78, 5) is 0.895. The van der Waals surface area contributed by atoms with Gasteiger partial charge >= 0.3 is 5.51 Å². The number of halogens is 3. The van der Waals surface area contributed by atoms with Gasteiger partial charge in [-0.05, 0) is 18.2 Å². The Balaban J connectivity index is 1.88. The van der Waals surface area contributed by atoms with Crippen LogP contribution in [0.4, 0.5) is 18.9 Å². The van der Waals surface area contributed by atoms with Gasteiger partial charge in [0, 0.05) is 25.5 Å². The predicted octanol–water partition coefficient (Wildman–Crippen LogP) is 2.24. The first kappa shape index (κ1) is 14.9. The zero-order valence-electron chi connectivity index (χ0n) is 11.2. The highest BCUT2D eigenvalue weighted by Gasteiger charge is 2.48. The molecule has 0 atom stereocenters. The highest BCUT2D eigenvalue weighted by molar-refractivity contribution is 7.92. The van der Waals surface area contributed by atoms with E-state index in [4.69, 9.17) is 0 Å². The zero-order valence-corrected chi connectivity index (χ0v) is 12.0. The van der Waals surface area contributed by atoms with Crippen LogP contribution in [-0.4, -0.2) is 36.8 Å². The second kappa shape index (κ2) is 5.01. The standard InChI is InChI=1S/C13H12F3N3O2S/c14-13(15,16)22(20,21)12-5-2-1-4-11(12)18-8-10(9-18)19-7-3-6-17-19/h1-7,10H,8-9H2. The SMILES string of the molecule is O=S(=O)(c1ccccc1N1CC(n2cccn2)C1)C(F)(F)F. The molecule has 1 fully saturated rings. The fraction of sp³-hybridized carbons (Fsp3) is 0.308. The van der Waals surface area contributed by atoms with Gasteiger partial charge in [0.2, 0.25) is 0 Å². The number of sulfone groups is 1. The number of hydrogen-bond donors (Lipinski definition) is 0. The molecule has 2 heterocycles. The topological polar surface area (TPSA) is 55.2 Å². The largest absolute Gasteiger partial charge is 0.501 e. The summed E-state index contributed by atoms with van der Waals surface area (Å²) in [5.74, 6) is 0. The van der Waals surface area contributed by atoms with Crippen LogP contribution in [0, 0.1) is 0 Å². The molecule has 0 unspecified atom stereocenters. The van der Waals surface area contributed by atoms with E-state index in [9.17, 15) is 21.6 Å². The lowest BCUT2D eigenvalue weighted by Crippen LogP contribution is -2.48. The van der Waals surface area contributed by atoms with E-state index < -0.39 is 20.2 Å². The highest BCUT2D eigenvalue weighted by Crippen LogP contribution is 2.38. The molecule has 5 nitrogen and oxygen atoms in total. The summed E-state index contributed by atoms with van der Waals surface area (Å²) >= 11 is 0. The van der Waals surface area contributed by atoms with Gasteiger partial charge in [-0.25, -0.2) is 8.42 Å². The molecule has 1 aromatic heterocycles. The number of alkyl halides is 3. The van der Waals surface area contributed by atoms with E-state index in [0.717, 1.165) is 6.07 Å². The van der Waals surface area contributed by atoms with E-state index in [0.29, 0.717) is 13.1 Å². The number of nitrogens with zero attached hydrogens (tertiary/aromatic N) is 3. The van der Waals surface area contributed by atoms with E-state index in [2.05, 4.69) is 5.10 Å². The lowest BCUT2D eigenvalue weighted by Gasteiger charge is -2.41. The molecule has 118 valence electrons. The Bertz CT molecular complexity index is 766. The molecule has 1 aliphatic heterocycles. The van der Waals surface area contributed by atoms with Crippen molar-refractivity contribution in [3.8, 4) is 0 Å². The molecule has 1 aromatic carbocycles. The van der Waals surface area contributed by atoms with Gasteiger partial charge in [-0.3, -0.25) is 4.68 Å². The van der Waals surface area contributed by atoms with Crippen molar-refractivity contribution >= 4 is 15.5 Å². The molecule has 0 amide bonds. The second-order valence-corrected chi connectivity index (χ2v) is 6.87. The Morgan fingerprint density at radius 3 is 2.41 bits per heavy atom. The average Bonchev–Trinajstić information content (AvgIpc) is 2.90. The van der Waals surface area contributed by atoms with Crippen molar-refractivity contribution in [3.63, 3.8) is 0 Å². The molecule has 0 bridgehead atoms. The third-order valence-corrected chi connectivity index (χ3v) is 5.10. The quantitative estimate of drug-likeness (QED) is 0.865. The van der Waals surface area contributed by atoms with E-state index in [1.165, 1.54) is 18.2 Å². The predicted molar refractivity (Wildman–Crippen MR) is 73.2 cm³/mol. The Kier molecular flexibility index (Phi) is 3.39. The highest BCUT2D eigenvalue weighted by atomic mass is 32.2. The molecule has 0 radical (unpaired) electrons. The molecule has 0 aliphatic carbocycles. The van der Waals surface area contributed by atoms with Crippen LogP contribution in [0.15, 0.2) is 47.6 Å². The van der Waals surface area contributed by atoms with E-state index in [1.54, 1.807) is 28.0 Å². The summed E-state index contributed by atoms with van der Waals surface area (Å²) in [5.41, 5.74) is -5.24. The van der Waals surface area contributed by atoms with Crippen LogP contribution in [-0.2, 0) is 9.84 Å². The summed E-state index contributed by atoms with van der Waals surface area (Å²) in [5, 5.41) is 4.07.